The molecule has 0 spiro atoms. The molecule has 0 saturated heterocycles. The van der Waals surface area contributed by atoms with Gasteiger partial charge in [-0.1, -0.05) is 48.0 Å². The lowest BCUT2D eigenvalue weighted by Crippen LogP contribution is -2.25. The summed E-state index contributed by atoms with van der Waals surface area (Å²) >= 11 is 5.80. The molecule has 0 aliphatic carbocycles. The average Bonchev–Trinajstić information content (AvgIpc) is 2.73. The minimum Gasteiger partial charge on any atom is -0.489 e. The molecule has 0 aromatic heterocycles. The summed E-state index contributed by atoms with van der Waals surface area (Å²) in [5.41, 5.74) is 8.04. The van der Waals surface area contributed by atoms with Gasteiger partial charge in [0.1, 0.15) is 18.2 Å². The molecular formula is C22H22ClN3O3S. The van der Waals surface area contributed by atoms with Crippen LogP contribution in [0.25, 0.3) is 0 Å². The number of amidine groups is 1. The van der Waals surface area contributed by atoms with Crippen LogP contribution in [-0.2, 0) is 23.1 Å². The van der Waals surface area contributed by atoms with Crippen LogP contribution in [0.5, 0.6) is 5.75 Å². The lowest BCUT2D eigenvalue weighted by molar-refractivity contribution is 0.306. The molecule has 0 unspecified atom stereocenters. The zero-order valence-electron chi connectivity index (χ0n) is 16.1. The first kappa shape index (κ1) is 21.8. The molecule has 0 saturated carbocycles. The van der Waals surface area contributed by atoms with Crippen molar-refractivity contribution in [3.8, 4) is 5.75 Å². The fourth-order valence-electron chi connectivity index (χ4n) is 2.76. The standard InChI is InChI=1S/C22H22ClN3O3S/c23-19-8-10-21(11-9-19)30(27,28)26-13-12-16-2-1-3-20(14-16)29-15-17-4-6-18(7-5-17)22(24)25/h1-11,14,26H,12-13,15H2,(H3,24,25). The van der Waals surface area contributed by atoms with Gasteiger partial charge in [0.2, 0.25) is 10.0 Å². The first-order valence-electron chi connectivity index (χ1n) is 9.24. The lowest BCUT2D eigenvalue weighted by atomic mass is 10.1. The monoisotopic (exact) mass is 443 g/mol. The molecule has 0 atom stereocenters. The highest BCUT2D eigenvalue weighted by Crippen LogP contribution is 2.17. The van der Waals surface area contributed by atoms with E-state index in [0.717, 1.165) is 11.1 Å². The van der Waals surface area contributed by atoms with Gasteiger partial charge in [-0.25, -0.2) is 13.1 Å². The van der Waals surface area contributed by atoms with Crippen LogP contribution in [0.2, 0.25) is 5.02 Å². The van der Waals surface area contributed by atoms with Crippen molar-refractivity contribution in [2.45, 2.75) is 17.9 Å². The Balaban J connectivity index is 1.53. The Morgan fingerprint density at radius 1 is 1.00 bits per heavy atom. The molecule has 0 aliphatic heterocycles. The van der Waals surface area contributed by atoms with Crippen LogP contribution >= 0.6 is 11.6 Å². The molecule has 4 N–H and O–H groups in total. The number of nitrogen functional groups attached to an aromatic ring is 1. The maximum atomic E-state index is 12.3. The van der Waals surface area contributed by atoms with Gasteiger partial charge in [-0.15, -0.1) is 0 Å². The second-order valence-corrected chi connectivity index (χ2v) is 8.85. The maximum Gasteiger partial charge on any atom is 0.240 e. The van der Waals surface area contributed by atoms with Gasteiger partial charge in [-0.3, -0.25) is 5.41 Å². The van der Waals surface area contributed by atoms with E-state index in [9.17, 15) is 8.42 Å². The van der Waals surface area contributed by atoms with Gasteiger partial charge in [-0.2, -0.15) is 0 Å². The third kappa shape index (κ3) is 6.06. The third-order valence-electron chi connectivity index (χ3n) is 4.40. The SMILES string of the molecule is N=C(N)c1ccc(COc2cccc(CCNS(=O)(=O)c3ccc(Cl)cc3)c2)cc1. The summed E-state index contributed by atoms with van der Waals surface area (Å²) in [6.07, 6.45) is 0.525. The molecule has 6 nitrogen and oxygen atoms in total. The van der Waals surface area contributed by atoms with Crippen molar-refractivity contribution >= 4 is 27.5 Å². The van der Waals surface area contributed by atoms with E-state index in [4.69, 9.17) is 27.5 Å². The first-order chi connectivity index (χ1) is 14.3. The van der Waals surface area contributed by atoms with Gasteiger partial charge in [0.05, 0.1) is 4.90 Å². The number of sulfonamides is 1. The second-order valence-electron chi connectivity index (χ2n) is 6.65. The summed E-state index contributed by atoms with van der Waals surface area (Å²) < 4.78 is 33.1. The second kappa shape index (κ2) is 9.75. The quantitative estimate of drug-likeness (QED) is 0.346. The molecule has 3 rings (SSSR count). The Hall–Kier alpha value is -2.87. The zero-order valence-corrected chi connectivity index (χ0v) is 17.7. The van der Waals surface area contributed by atoms with Crippen LogP contribution in [0.1, 0.15) is 16.7 Å². The largest absolute Gasteiger partial charge is 0.489 e. The summed E-state index contributed by atoms with van der Waals surface area (Å²) in [5.74, 6) is 0.727. The highest BCUT2D eigenvalue weighted by Gasteiger charge is 2.13. The predicted octanol–water partition coefficient (Wildman–Crippen LogP) is 3.72. The van der Waals surface area contributed by atoms with Crippen molar-refractivity contribution in [3.05, 3.63) is 94.5 Å². The van der Waals surface area contributed by atoms with E-state index < -0.39 is 10.0 Å². The average molecular weight is 444 g/mol. The molecule has 0 bridgehead atoms. The number of hydrogen-bond acceptors (Lipinski definition) is 4. The minimum atomic E-state index is -3.58. The van der Waals surface area contributed by atoms with Gasteiger partial charge in [0, 0.05) is 17.1 Å². The molecule has 0 amide bonds. The highest BCUT2D eigenvalue weighted by molar-refractivity contribution is 7.89. The molecule has 0 radical (unpaired) electrons. The van der Waals surface area contributed by atoms with Gasteiger partial charge < -0.3 is 10.5 Å². The molecular weight excluding hydrogens is 422 g/mol. The molecule has 0 heterocycles. The predicted molar refractivity (Wildman–Crippen MR) is 119 cm³/mol. The van der Waals surface area contributed by atoms with Crippen LogP contribution in [0, 0.1) is 5.41 Å². The molecule has 156 valence electrons. The van der Waals surface area contributed by atoms with Crippen molar-refractivity contribution < 1.29 is 13.2 Å². The number of ether oxygens (including phenoxy) is 1. The van der Waals surface area contributed by atoms with E-state index in [1.54, 1.807) is 24.3 Å². The maximum absolute atomic E-state index is 12.3. The van der Waals surface area contributed by atoms with Gasteiger partial charge in [0.25, 0.3) is 0 Å². The molecule has 30 heavy (non-hydrogen) atoms. The molecule has 0 aliphatic rings. The summed E-state index contributed by atoms with van der Waals surface area (Å²) in [4.78, 5) is 0.180. The fraction of sp³-hybridized carbons (Fsp3) is 0.136. The lowest BCUT2D eigenvalue weighted by Gasteiger charge is -2.10. The van der Waals surface area contributed by atoms with Gasteiger partial charge >= 0.3 is 0 Å². The Morgan fingerprint density at radius 2 is 1.70 bits per heavy atom. The number of hydrogen-bond donors (Lipinski definition) is 3. The number of halogens is 1. The topological polar surface area (TPSA) is 105 Å². The van der Waals surface area contributed by atoms with Crippen molar-refractivity contribution in [3.63, 3.8) is 0 Å². The summed E-state index contributed by atoms with van der Waals surface area (Å²) in [7, 11) is -3.58. The Labute approximate surface area is 181 Å². The highest BCUT2D eigenvalue weighted by atomic mass is 35.5. The molecule has 0 fully saturated rings. The normalized spacial score (nSPS) is 11.2. The summed E-state index contributed by atoms with van der Waals surface area (Å²) in [6, 6.07) is 20.9. The first-order valence-corrected chi connectivity index (χ1v) is 11.1. The summed E-state index contributed by atoms with van der Waals surface area (Å²) in [6.45, 7) is 0.645. The zero-order chi connectivity index (χ0) is 21.6. The Bertz CT molecular complexity index is 1120. The van der Waals surface area contributed by atoms with E-state index in [1.807, 2.05) is 36.4 Å². The number of rotatable bonds is 9. The minimum absolute atomic E-state index is 0.0295. The Morgan fingerprint density at radius 3 is 2.37 bits per heavy atom. The van der Waals surface area contributed by atoms with Crippen LogP contribution in [0.4, 0.5) is 0 Å². The van der Waals surface area contributed by atoms with E-state index in [2.05, 4.69) is 4.72 Å². The number of benzene rings is 3. The van der Waals surface area contributed by atoms with Crippen LogP contribution < -0.4 is 15.2 Å². The van der Waals surface area contributed by atoms with E-state index in [-0.39, 0.29) is 17.3 Å². The third-order valence-corrected chi connectivity index (χ3v) is 6.13. The summed E-state index contributed by atoms with van der Waals surface area (Å²) in [5, 5.41) is 7.90. The smallest absolute Gasteiger partial charge is 0.240 e. The van der Waals surface area contributed by atoms with Crippen LogP contribution in [-0.4, -0.2) is 20.8 Å². The van der Waals surface area contributed by atoms with Gasteiger partial charge in [0.15, 0.2) is 0 Å². The van der Waals surface area contributed by atoms with E-state index >= 15 is 0 Å². The van der Waals surface area contributed by atoms with Gasteiger partial charge in [-0.05, 0) is 53.9 Å². The van der Waals surface area contributed by atoms with Crippen molar-refractivity contribution in [2.24, 2.45) is 5.73 Å². The Kier molecular flexibility index (Phi) is 7.10. The van der Waals surface area contributed by atoms with E-state index in [0.29, 0.717) is 29.4 Å². The number of nitrogens with one attached hydrogen (secondary N) is 2. The molecule has 3 aromatic rings. The van der Waals surface area contributed by atoms with Crippen molar-refractivity contribution in [1.82, 2.24) is 4.72 Å². The molecule has 3 aromatic carbocycles. The van der Waals surface area contributed by atoms with Crippen LogP contribution in [0.15, 0.2) is 77.7 Å². The van der Waals surface area contributed by atoms with E-state index in [1.165, 1.54) is 12.1 Å². The fourth-order valence-corrected chi connectivity index (χ4v) is 3.92. The van der Waals surface area contributed by atoms with Crippen LogP contribution in [0.3, 0.4) is 0 Å². The number of nitrogens with two attached hydrogens (primary N) is 1. The molecule has 8 heteroatoms. The van der Waals surface area contributed by atoms with Crippen molar-refractivity contribution in [1.29, 1.82) is 5.41 Å². The van der Waals surface area contributed by atoms with Crippen molar-refractivity contribution in [2.75, 3.05) is 6.54 Å².